The molecule has 0 aromatic rings. The molecule has 0 aromatic heterocycles. The summed E-state index contributed by atoms with van der Waals surface area (Å²) in [6.07, 6.45) is -2.77. The van der Waals surface area contributed by atoms with Gasteiger partial charge < -0.3 is 25.4 Å². The molecule has 1 saturated carbocycles. The lowest BCUT2D eigenvalue weighted by molar-refractivity contribution is -0.190. The molecule has 0 aromatic carbocycles. The Balaban J connectivity index is 1.95. The van der Waals surface area contributed by atoms with E-state index in [2.05, 4.69) is 36.3 Å². The lowest BCUT2D eigenvalue weighted by atomic mass is 9.75. The predicted molar refractivity (Wildman–Crippen MR) is 146 cm³/mol. The predicted octanol–water partition coefficient (Wildman–Crippen LogP) is 2.98. The first-order chi connectivity index (χ1) is 18.8. The highest BCUT2D eigenvalue weighted by molar-refractivity contribution is 6.76. The summed E-state index contributed by atoms with van der Waals surface area (Å²) >= 11 is 0. The Labute approximate surface area is 236 Å². The molecule has 7 atom stereocenters. The molecule has 1 aliphatic carbocycles. The van der Waals surface area contributed by atoms with Gasteiger partial charge in [-0.3, -0.25) is 10.1 Å². The molecular weight excluding hydrogens is 545 g/mol. The Kier molecular flexibility index (Phi) is 11.3. The van der Waals surface area contributed by atoms with Crippen molar-refractivity contribution in [2.24, 2.45) is 11.7 Å². The molecule has 0 spiro atoms. The van der Waals surface area contributed by atoms with Crippen molar-refractivity contribution in [2.45, 2.75) is 113 Å². The lowest BCUT2D eigenvalue weighted by Crippen LogP contribution is -2.60. The Morgan fingerprint density at radius 2 is 1.90 bits per heavy atom. The monoisotopic (exact) mass is 590 g/mol. The molecule has 3 fully saturated rings. The highest BCUT2D eigenvalue weighted by Crippen LogP contribution is 2.38. The van der Waals surface area contributed by atoms with E-state index in [4.69, 9.17) is 15.2 Å². The van der Waals surface area contributed by atoms with Crippen molar-refractivity contribution >= 4 is 20.1 Å². The van der Waals surface area contributed by atoms with Crippen molar-refractivity contribution < 1.29 is 32.2 Å². The van der Waals surface area contributed by atoms with Crippen molar-refractivity contribution in [1.29, 1.82) is 5.26 Å². The smallest absolute Gasteiger partial charge is 0.453 e. The number of nitrogens with two attached hydrogens (primary N) is 1. The number of nitrogens with zero attached hydrogens (tertiary/aromatic N) is 3. The highest BCUT2D eigenvalue weighted by Gasteiger charge is 2.53. The molecule has 2 bridgehead atoms. The third kappa shape index (κ3) is 8.31. The largest absolute Gasteiger partial charge is 0.471 e. The number of hydrogen-bond donors (Lipinski definition) is 3. The summed E-state index contributed by atoms with van der Waals surface area (Å²) in [4.78, 5) is 27.5. The van der Waals surface area contributed by atoms with Crippen LogP contribution in [0.1, 0.15) is 44.9 Å². The number of ether oxygens (including phenoxy) is 2. The number of carbonyl (C=O) groups is 2. The van der Waals surface area contributed by atoms with E-state index in [0.29, 0.717) is 45.1 Å². The summed E-state index contributed by atoms with van der Waals surface area (Å²) in [6, 6.07) is 0.479. The van der Waals surface area contributed by atoms with Crippen LogP contribution in [0.5, 0.6) is 0 Å². The van der Waals surface area contributed by atoms with Crippen LogP contribution in [-0.2, 0) is 14.3 Å². The van der Waals surface area contributed by atoms with E-state index in [0.717, 1.165) is 10.9 Å². The fraction of sp³-hybridized carbons (Fsp3) is 0.885. The van der Waals surface area contributed by atoms with Gasteiger partial charge in [-0.2, -0.15) is 18.4 Å². The minimum Gasteiger partial charge on any atom is -0.453 e. The number of fused-ring (bicyclic) bond motifs is 4. The average Bonchev–Trinajstić information content (AvgIpc) is 3.24. The highest BCUT2D eigenvalue weighted by atomic mass is 28.3. The maximum atomic E-state index is 13.8. The van der Waals surface area contributed by atoms with E-state index >= 15 is 0 Å². The molecule has 3 rings (SSSR count). The Morgan fingerprint density at radius 3 is 2.52 bits per heavy atom. The number of amides is 2. The minimum absolute atomic E-state index is 0.0589. The number of hydrogen-bond acceptors (Lipinski definition) is 8. The molecule has 14 heteroatoms. The van der Waals surface area contributed by atoms with Gasteiger partial charge in [0.1, 0.15) is 12.8 Å². The number of nitrogens with one attached hydrogen (secondary N) is 2. The standard InChI is InChI=1S/C26H45F3N6O4Si/c1-38-25(37)32-17-9-10-18-20(14-17)34(24(36)26(27,28)29)11-7-5-6-8-19(31)23-33-22(18)21(15-30)35(23)16-39-12-13-40(2,3)4/h17-23,33H,5-14,16,31H2,1-4H3,(H,32,37). The molecule has 3 aliphatic rings. The summed E-state index contributed by atoms with van der Waals surface area (Å²) in [5, 5.41) is 16.5. The van der Waals surface area contributed by atoms with Gasteiger partial charge in [0.25, 0.3) is 0 Å². The summed E-state index contributed by atoms with van der Waals surface area (Å²) in [5.74, 6) is -2.35. The van der Waals surface area contributed by atoms with E-state index < -0.39 is 56.3 Å². The van der Waals surface area contributed by atoms with E-state index in [-0.39, 0.29) is 31.9 Å². The van der Waals surface area contributed by atoms with Gasteiger partial charge in [0.15, 0.2) is 0 Å². The molecule has 7 unspecified atom stereocenters. The van der Waals surface area contributed by atoms with Crippen LogP contribution in [0.3, 0.4) is 0 Å². The third-order valence-corrected chi connectivity index (χ3v) is 10.1. The molecule has 2 aliphatic heterocycles. The second-order valence-corrected chi connectivity index (χ2v) is 18.1. The quantitative estimate of drug-likeness (QED) is 0.318. The van der Waals surface area contributed by atoms with Crippen LogP contribution >= 0.6 is 0 Å². The van der Waals surface area contributed by atoms with Gasteiger partial charge in [-0.15, -0.1) is 0 Å². The van der Waals surface area contributed by atoms with Gasteiger partial charge in [-0.1, -0.05) is 32.5 Å². The zero-order valence-electron chi connectivity index (χ0n) is 24.0. The van der Waals surface area contributed by atoms with Crippen LogP contribution < -0.4 is 16.4 Å². The van der Waals surface area contributed by atoms with Crippen molar-refractivity contribution in [3.8, 4) is 6.07 Å². The van der Waals surface area contributed by atoms with Crippen molar-refractivity contribution in [1.82, 2.24) is 20.4 Å². The van der Waals surface area contributed by atoms with Gasteiger partial charge in [0.2, 0.25) is 0 Å². The Morgan fingerprint density at radius 1 is 1.18 bits per heavy atom. The molecule has 4 N–H and O–H groups in total. The fourth-order valence-electron chi connectivity index (χ4n) is 6.24. The zero-order valence-corrected chi connectivity index (χ0v) is 25.0. The number of alkyl carbamates (subject to hydrolysis) is 1. The van der Waals surface area contributed by atoms with Gasteiger partial charge >= 0.3 is 18.2 Å². The number of halogens is 3. The normalized spacial score (nSPS) is 32.3. The second-order valence-electron chi connectivity index (χ2n) is 12.5. The first-order valence-electron chi connectivity index (χ1n) is 14.2. The maximum absolute atomic E-state index is 13.8. The van der Waals surface area contributed by atoms with Crippen molar-refractivity contribution in [2.75, 3.05) is 27.0 Å². The summed E-state index contributed by atoms with van der Waals surface area (Å²) in [5.41, 5.74) is 6.63. The van der Waals surface area contributed by atoms with E-state index in [1.807, 2.05) is 4.90 Å². The van der Waals surface area contributed by atoms with Crippen LogP contribution in [0, 0.1) is 17.2 Å². The van der Waals surface area contributed by atoms with Crippen LogP contribution in [0.25, 0.3) is 0 Å². The number of rotatable bonds is 6. The number of nitriles is 1. The van der Waals surface area contributed by atoms with E-state index in [1.54, 1.807) is 0 Å². The Bertz CT molecular complexity index is 914. The van der Waals surface area contributed by atoms with Gasteiger partial charge in [-0.25, -0.2) is 9.69 Å². The van der Waals surface area contributed by atoms with Crippen LogP contribution in [-0.4, -0.2) is 99.4 Å². The molecule has 10 nitrogen and oxygen atoms in total. The van der Waals surface area contributed by atoms with Gasteiger partial charge in [0.05, 0.1) is 19.3 Å². The zero-order chi connectivity index (χ0) is 29.7. The molecule has 2 saturated heterocycles. The molecule has 2 amide bonds. The van der Waals surface area contributed by atoms with Crippen LogP contribution in [0.15, 0.2) is 0 Å². The molecular formula is C26H45F3N6O4Si. The van der Waals surface area contributed by atoms with Gasteiger partial charge in [0, 0.05) is 45.4 Å². The van der Waals surface area contributed by atoms with Crippen LogP contribution in [0.2, 0.25) is 25.7 Å². The molecule has 40 heavy (non-hydrogen) atoms. The topological polar surface area (TPSA) is 133 Å². The van der Waals surface area contributed by atoms with Crippen molar-refractivity contribution in [3.63, 3.8) is 0 Å². The Hall–Kier alpha value is -1.92. The van der Waals surface area contributed by atoms with Gasteiger partial charge in [-0.05, 0) is 44.1 Å². The molecule has 228 valence electrons. The number of carbonyl (C=O) groups excluding carboxylic acids is 2. The van der Waals surface area contributed by atoms with E-state index in [9.17, 15) is 28.0 Å². The van der Waals surface area contributed by atoms with Crippen molar-refractivity contribution in [3.05, 3.63) is 0 Å². The second kappa shape index (κ2) is 13.8. The van der Waals surface area contributed by atoms with Crippen LogP contribution in [0.4, 0.5) is 18.0 Å². The third-order valence-electron chi connectivity index (χ3n) is 8.37. The number of methoxy groups -OCH3 is 1. The lowest BCUT2D eigenvalue weighted by Gasteiger charge is -2.45. The summed E-state index contributed by atoms with van der Waals surface area (Å²) < 4.78 is 52.2. The first-order valence-corrected chi connectivity index (χ1v) is 17.9. The first kappa shape index (κ1) is 32.6. The van der Waals surface area contributed by atoms with E-state index in [1.165, 1.54) is 7.11 Å². The number of alkyl halides is 3. The summed E-state index contributed by atoms with van der Waals surface area (Å²) in [6.45, 7) is 7.43. The minimum atomic E-state index is -5.04. The maximum Gasteiger partial charge on any atom is 0.471 e. The SMILES string of the molecule is COC(=O)NC1CCC2C3NC(C(N)CCCCCN(C(=O)C(F)(F)F)C2C1)N(COCC[Si](C)(C)C)C3C#N. The average molecular weight is 591 g/mol. The summed E-state index contributed by atoms with van der Waals surface area (Å²) in [7, 11) is -0.113. The molecule has 0 radical (unpaired) electrons. The fourth-order valence-corrected chi connectivity index (χ4v) is 6.99. The molecule has 2 heterocycles.